The Kier molecular flexibility index (Phi) is 2.65. The van der Waals surface area contributed by atoms with Crippen molar-refractivity contribution in [3.63, 3.8) is 0 Å². The van der Waals surface area contributed by atoms with Crippen LogP contribution in [0.1, 0.15) is 6.42 Å². The normalized spacial score (nSPS) is 15.6. The van der Waals surface area contributed by atoms with Crippen LogP contribution in [-0.4, -0.2) is 6.54 Å². The summed E-state index contributed by atoms with van der Waals surface area (Å²) in [7, 11) is 0. The molecule has 1 aliphatic heterocycles. The molecule has 1 aromatic carbocycles. The number of nitrogens with zero attached hydrogens (tertiary/aromatic N) is 2. The van der Waals surface area contributed by atoms with Crippen molar-refractivity contribution >= 4 is 21.6 Å². The van der Waals surface area contributed by atoms with Gasteiger partial charge in [-0.15, -0.1) is 0 Å². The highest BCUT2D eigenvalue weighted by atomic mass is 79.9. The molecule has 0 amide bonds. The summed E-state index contributed by atoms with van der Waals surface area (Å²) in [5.41, 5.74) is 7.58. The Hall–Kier alpha value is -1.47. The predicted molar refractivity (Wildman–Crippen MR) is 62.9 cm³/mol. The van der Waals surface area contributed by atoms with Crippen molar-refractivity contribution in [2.24, 2.45) is 5.73 Å². The molecule has 0 fully saturated rings. The van der Waals surface area contributed by atoms with Crippen LogP contribution in [0, 0.1) is 11.3 Å². The van der Waals surface area contributed by atoms with Gasteiger partial charge in [-0.3, -0.25) is 0 Å². The lowest BCUT2D eigenvalue weighted by Crippen LogP contribution is -2.23. The fourth-order valence-electron chi connectivity index (χ4n) is 1.64. The SMILES string of the molecule is N#CC1=C(N)N(c2ccc(Br)cc2)CC1. The maximum Gasteiger partial charge on any atom is 0.117 e. The number of anilines is 1. The van der Waals surface area contributed by atoms with E-state index in [1.807, 2.05) is 29.2 Å². The maximum absolute atomic E-state index is 8.82. The van der Waals surface area contributed by atoms with Crippen molar-refractivity contribution in [2.45, 2.75) is 6.42 Å². The molecule has 0 unspecified atom stereocenters. The van der Waals surface area contributed by atoms with Gasteiger partial charge in [-0.05, 0) is 24.3 Å². The van der Waals surface area contributed by atoms with Crippen LogP contribution in [0.25, 0.3) is 0 Å². The smallest absolute Gasteiger partial charge is 0.117 e. The first-order valence-corrected chi connectivity index (χ1v) is 5.43. The number of halogens is 1. The van der Waals surface area contributed by atoms with E-state index in [1.54, 1.807) is 0 Å². The lowest BCUT2D eigenvalue weighted by Gasteiger charge is -2.19. The Morgan fingerprint density at radius 1 is 1.33 bits per heavy atom. The minimum atomic E-state index is 0.583. The van der Waals surface area contributed by atoms with E-state index in [1.165, 1.54) is 0 Å². The van der Waals surface area contributed by atoms with Gasteiger partial charge in [-0.25, -0.2) is 0 Å². The number of benzene rings is 1. The molecule has 0 radical (unpaired) electrons. The molecule has 1 aromatic rings. The van der Waals surface area contributed by atoms with Gasteiger partial charge in [0.25, 0.3) is 0 Å². The first-order chi connectivity index (χ1) is 7.22. The van der Waals surface area contributed by atoms with Gasteiger partial charge in [0, 0.05) is 23.1 Å². The molecule has 1 heterocycles. The summed E-state index contributed by atoms with van der Waals surface area (Å²) in [4.78, 5) is 1.96. The van der Waals surface area contributed by atoms with Gasteiger partial charge in [0.15, 0.2) is 0 Å². The Morgan fingerprint density at radius 3 is 2.53 bits per heavy atom. The first kappa shape index (κ1) is 10.1. The Balaban J connectivity index is 2.31. The highest BCUT2D eigenvalue weighted by Gasteiger charge is 2.20. The summed E-state index contributed by atoms with van der Waals surface area (Å²) in [6.07, 6.45) is 0.735. The summed E-state index contributed by atoms with van der Waals surface area (Å²) in [6.45, 7) is 0.788. The molecule has 15 heavy (non-hydrogen) atoms. The molecule has 1 aliphatic rings. The van der Waals surface area contributed by atoms with E-state index >= 15 is 0 Å². The standard InChI is InChI=1S/C11H10BrN3/c12-9-1-3-10(4-2-9)15-6-5-8(7-13)11(15)14/h1-4H,5-6,14H2. The fraction of sp³-hybridized carbons (Fsp3) is 0.182. The zero-order valence-corrected chi connectivity index (χ0v) is 9.66. The quantitative estimate of drug-likeness (QED) is 0.847. The predicted octanol–water partition coefficient (Wildman–Crippen LogP) is 2.35. The van der Waals surface area contributed by atoms with E-state index in [9.17, 15) is 0 Å². The third-order valence-corrected chi connectivity index (χ3v) is 2.99. The average Bonchev–Trinajstić information content (AvgIpc) is 2.61. The molecule has 0 atom stereocenters. The van der Waals surface area contributed by atoms with Crippen molar-refractivity contribution in [3.8, 4) is 6.07 Å². The Morgan fingerprint density at radius 2 is 2.00 bits per heavy atom. The fourth-order valence-corrected chi connectivity index (χ4v) is 1.90. The van der Waals surface area contributed by atoms with Crippen molar-refractivity contribution in [3.05, 3.63) is 40.1 Å². The topological polar surface area (TPSA) is 53.1 Å². The molecule has 2 rings (SSSR count). The average molecular weight is 264 g/mol. The number of hydrogen-bond acceptors (Lipinski definition) is 3. The summed E-state index contributed by atoms with van der Waals surface area (Å²) < 4.78 is 1.04. The number of hydrogen-bond donors (Lipinski definition) is 1. The van der Waals surface area contributed by atoms with Crippen molar-refractivity contribution in [1.29, 1.82) is 5.26 Å². The van der Waals surface area contributed by atoms with Crippen LogP contribution in [0.5, 0.6) is 0 Å². The van der Waals surface area contributed by atoms with Gasteiger partial charge in [0.1, 0.15) is 5.82 Å². The molecule has 4 heteroatoms. The van der Waals surface area contributed by atoms with Crippen molar-refractivity contribution in [2.75, 3.05) is 11.4 Å². The largest absolute Gasteiger partial charge is 0.384 e. The Labute approximate surface area is 96.9 Å². The van der Waals surface area contributed by atoms with E-state index in [4.69, 9.17) is 11.0 Å². The molecular formula is C11H10BrN3. The van der Waals surface area contributed by atoms with Crippen LogP contribution in [0.4, 0.5) is 5.69 Å². The second-order valence-electron chi connectivity index (χ2n) is 3.35. The summed E-state index contributed by atoms with van der Waals surface area (Å²) in [5.74, 6) is 0.583. The molecule has 0 bridgehead atoms. The molecule has 0 saturated carbocycles. The lowest BCUT2D eigenvalue weighted by molar-refractivity contribution is 0.955. The zero-order valence-electron chi connectivity index (χ0n) is 8.07. The number of nitrogens with two attached hydrogens (primary N) is 1. The third-order valence-electron chi connectivity index (χ3n) is 2.46. The van der Waals surface area contributed by atoms with Gasteiger partial charge >= 0.3 is 0 Å². The summed E-state index contributed by atoms with van der Waals surface area (Å²) in [6, 6.07) is 10.0. The van der Waals surface area contributed by atoms with Crippen LogP contribution >= 0.6 is 15.9 Å². The van der Waals surface area contributed by atoms with Gasteiger partial charge in [0.2, 0.25) is 0 Å². The molecule has 76 valence electrons. The molecule has 2 N–H and O–H groups in total. The van der Waals surface area contributed by atoms with Gasteiger partial charge in [0.05, 0.1) is 11.6 Å². The van der Waals surface area contributed by atoms with Gasteiger partial charge in [-0.1, -0.05) is 15.9 Å². The molecular weight excluding hydrogens is 254 g/mol. The highest BCUT2D eigenvalue weighted by molar-refractivity contribution is 9.10. The van der Waals surface area contributed by atoms with Crippen LogP contribution in [0.15, 0.2) is 40.1 Å². The first-order valence-electron chi connectivity index (χ1n) is 4.64. The minimum Gasteiger partial charge on any atom is -0.384 e. The second-order valence-corrected chi connectivity index (χ2v) is 4.27. The Bertz CT molecular complexity index is 442. The van der Waals surface area contributed by atoms with E-state index in [0.717, 1.165) is 23.1 Å². The second kappa shape index (κ2) is 3.95. The molecule has 3 nitrogen and oxygen atoms in total. The van der Waals surface area contributed by atoms with Gasteiger partial charge < -0.3 is 10.6 Å². The third kappa shape index (κ3) is 1.83. The van der Waals surface area contributed by atoms with E-state index in [-0.39, 0.29) is 0 Å². The van der Waals surface area contributed by atoms with E-state index in [0.29, 0.717) is 11.4 Å². The van der Waals surface area contributed by atoms with Crippen LogP contribution in [-0.2, 0) is 0 Å². The maximum atomic E-state index is 8.82. The van der Waals surface area contributed by atoms with Crippen LogP contribution in [0.2, 0.25) is 0 Å². The number of rotatable bonds is 1. The van der Waals surface area contributed by atoms with E-state index in [2.05, 4.69) is 22.0 Å². The van der Waals surface area contributed by atoms with Crippen molar-refractivity contribution in [1.82, 2.24) is 0 Å². The zero-order chi connectivity index (χ0) is 10.8. The summed E-state index contributed by atoms with van der Waals surface area (Å²) in [5, 5.41) is 8.82. The van der Waals surface area contributed by atoms with Crippen LogP contribution < -0.4 is 10.6 Å². The molecule has 0 saturated heterocycles. The summed E-state index contributed by atoms with van der Waals surface area (Å²) >= 11 is 3.38. The number of nitriles is 1. The molecule has 0 spiro atoms. The lowest BCUT2D eigenvalue weighted by atomic mass is 10.2. The van der Waals surface area contributed by atoms with Gasteiger partial charge in [-0.2, -0.15) is 5.26 Å². The highest BCUT2D eigenvalue weighted by Crippen LogP contribution is 2.26. The van der Waals surface area contributed by atoms with E-state index < -0.39 is 0 Å². The van der Waals surface area contributed by atoms with Crippen LogP contribution in [0.3, 0.4) is 0 Å². The van der Waals surface area contributed by atoms with Crippen molar-refractivity contribution < 1.29 is 0 Å². The molecule has 0 aromatic heterocycles. The molecule has 0 aliphatic carbocycles. The monoisotopic (exact) mass is 263 g/mol. The minimum absolute atomic E-state index is 0.583.